The largest absolute Gasteiger partial charge is 0.313 e. The van der Waals surface area contributed by atoms with Crippen molar-refractivity contribution in [3.63, 3.8) is 0 Å². The molecule has 2 rings (SSSR count). The van der Waals surface area contributed by atoms with Crippen molar-refractivity contribution in [2.24, 2.45) is 0 Å². The second kappa shape index (κ2) is 6.95. The lowest BCUT2D eigenvalue weighted by atomic mass is 10.0. The molecule has 2 aromatic carbocycles. The topological polar surface area (TPSA) is 12.0 Å². The SMILES string of the molecule is CCCNCc1ccc(-c2cccc(Cl)c2)cc1Cl. The van der Waals surface area contributed by atoms with Gasteiger partial charge in [-0.2, -0.15) is 0 Å². The third-order valence-electron chi connectivity index (χ3n) is 2.95. The van der Waals surface area contributed by atoms with Gasteiger partial charge in [-0.3, -0.25) is 0 Å². The summed E-state index contributed by atoms with van der Waals surface area (Å²) in [5.41, 5.74) is 3.30. The Labute approximate surface area is 124 Å². The molecule has 1 nitrogen and oxygen atoms in total. The van der Waals surface area contributed by atoms with E-state index in [0.717, 1.165) is 46.2 Å². The normalized spacial score (nSPS) is 10.7. The molecule has 100 valence electrons. The van der Waals surface area contributed by atoms with E-state index in [-0.39, 0.29) is 0 Å². The first-order valence-corrected chi connectivity index (χ1v) is 7.21. The Hall–Kier alpha value is -1.02. The Balaban J connectivity index is 2.19. The number of halogens is 2. The minimum atomic E-state index is 0.738. The summed E-state index contributed by atoms with van der Waals surface area (Å²) in [6.45, 7) is 3.96. The first-order chi connectivity index (χ1) is 9.20. The van der Waals surface area contributed by atoms with E-state index in [2.05, 4.69) is 24.4 Å². The predicted octanol–water partition coefficient (Wildman–Crippen LogP) is 5.16. The van der Waals surface area contributed by atoms with Crippen LogP contribution in [0, 0.1) is 0 Å². The molecule has 0 saturated heterocycles. The van der Waals surface area contributed by atoms with E-state index in [1.807, 2.05) is 30.3 Å². The maximum atomic E-state index is 6.33. The fourth-order valence-electron chi connectivity index (χ4n) is 1.94. The van der Waals surface area contributed by atoms with Gasteiger partial charge in [0.25, 0.3) is 0 Å². The molecule has 0 unspecified atom stereocenters. The average molecular weight is 294 g/mol. The van der Waals surface area contributed by atoms with Crippen LogP contribution in [0.15, 0.2) is 42.5 Å². The highest BCUT2D eigenvalue weighted by atomic mass is 35.5. The van der Waals surface area contributed by atoms with Crippen molar-refractivity contribution in [1.29, 1.82) is 0 Å². The average Bonchev–Trinajstić information content (AvgIpc) is 2.41. The van der Waals surface area contributed by atoms with Crippen molar-refractivity contribution < 1.29 is 0 Å². The molecule has 1 N–H and O–H groups in total. The monoisotopic (exact) mass is 293 g/mol. The number of nitrogens with one attached hydrogen (secondary N) is 1. The zero-order valence-electron chi connectivity index (χ0n) is 10.9. The van der Waals surface area contributed by atoms with Crippen LogP contribution in [0.2, 0.25) is 10.0 Å². The summed E-state index contributed by atoms with van der Waals surface area (Å²) in [7, 11) is 0. The van der Waals surface area contributed by atoms with Crippen molar-refractivity contribution in [3.8, 4) is 11.1 Å². The van der Waals surface area contributed by atoms with Crippen LogP contribution in [0.4, 0.5) is 0 Å². The summed E-state index contributed by atoms with van der Waals surface area (Å²) < 4.78 is 0. The predicted molar refractivity (Wildman–Crippen MR) is 83.9 cm³/mol. The highest BCUT2D eigenvalue weighted by molar-refractivity contribution is 6.32. The van der Waals surface area contributed by atoms with E-state index in [1.54, 1.807) is 0 Å². The molecule has 19 heavy (non-hydrogen) atoms. The first kappa shape index (κ1) is 14.4. The maximum Gasteiger partial charge on any atom is 0.0457 e. The maximum absolute atomic E-state index is 6.33. The Bertz CT molecular complexity index is 552. The highest BCUT2D eigenvalue weighted by Crippen LogP contribution is 2.27. The van der Waals surface area contributed by atoms with E-state index in [9.17, 15) is 0 Å². The van der Waals surface area contributed by atoms with Gasteiger partial charge in [0.15, 0.2) is 0 Å². The molecule has 3 heteroatoms. The number of rotatable bonds is 5. The molecule has 0 aliphatic rings. The van der Waals surface area contributed by atoms with E-state index in [1.165, 1.54) is 0 Å². The molecule has 0 radical (unpaired) electrons. The third kappa shape index (κ3) is 3.97. The van der Waals surface area contributed by atoms with Crippen LogP contribution >= 0.6 is 23.2 Å². The molecule has 0 spiro atoms. The molecule has 2 aromatic rings. The van der Waals surface area contributed by atoms with Crippen LogP contribution in [-0.2, 0) is 6.54 Å². The summed E-state index contributed by atoms with van der Waals surface area (Å²) in [5, 5.41) is 4.89. The third-order valence-corrected chi connectivity index (χ3v) is 3.54. The van der Waals surface area contributed by atoms with Gasteiger partial charge in [-0.25, -0.2) is 0 Å². The summed E-state index contributed by atoms with van der Waals surface area (Å²) in [6.07, 6.45) is 1.12. The van der Waals surface area contributed by atoms with E-state index in [4.69, 9.17) is 23.2 Å². The standard InChI is InChI=1S/C16H17Cl2N/c1-2-8-19-11-14-7-6-13(10-16(14)18)12-4-3-5-15(17)9-12/h3-7,9-10,19H,2,8,11H2,1H3. The molecule has 0 atom stereocenters. The lowest BCUT2D eigenvalue weighted by Crippen LogP contribution is -2.13. The zero-order valence-corrected chi connectivity index (χ0v) is 12.4. The Morgan fingerprint density at radius 1 is 1.00 bits per heavy atom. The van der Waals surface area contributed by atoms with Crippen molar-refractivity contribution in [3.05, 3.63) is 58.1 Å². The summed E-state index contributed by atoms with van der Waals surface area (Å²) >= 11 is 12.3. The minimum Gasteiger partial charge on any atom is -0.313 e. The Morgan fingerprint density at radius 3 is 2.47 bits per heavy atom. The van der Waals surface area contributed by atoms with Gasteiger partial charge in [-0.1, -0.05) is 54.4 Å². The molecule has 0 amide bonds. The summed E-state index contributed by atoms with van der Waals surface area (Å²) in [6, 6.07) is 13.9. The lowest BCUT2D eigenvalue weighted by molar-refractivity contribution is 0.675. The van der Waals surface area contributed by atoms with Crippen molar-refractivity contribution in [2.75, 3.05) is 6.54 Å². The highest BCUT2D eigenvalue weighted by Gasteiger charge is 2.04. The molecule has 0 saturated carbocycles. The number of hydrogen-bond acceptors (Lipinski definition) is 1. The molecule has 0 bridgehead atoms. The van der Waals surface area contributed by atoms with Gasteiger partial charge in [0.05, 0.1) is 0 Å². The van der Waals surface area contributed by atoms with Gasteiger partial charge >= 0.3 is 0 Å². The van der Waals surface area contributed by atoms with Gasteiger partial charge < -0.3 is 5.32 Å². The second-order valence-corrected chi connectivity index (χ2v) is 5.34. The molecular weight excluding hydrogens is 277 g/mol. The molecule has 0 aromatic heterocycles. The molecule has 0 fully saturated rings. The second-order valence-electron chi connectivity index (χ2n) is 4.49. The van der Waals surface area contributed by atoms with Crippen LogP contribution < -0.4 is 5.32 Å². The van der Waals surface area contributed by atoms with Crippen LogP contribution in [-0.4, -0.2) is 6.54 Å². The molecule has 0 heterocycles. The van der Waals surface area contributed by atoms with Crippen LogP contribution in [0.3, 0.4) is 0 Å². The minimum absolute atomic E-state index is 0.738. The fourth-order valence-corrected chi connectivity index (χ4v) is 2.38. The van der Waals surface area contributed by atoms with Crippen molar-refractivity contribution >= 4 is 23.2 Å². The van der Waals surface area contributed by atoms with Gasteiger partial charge in [0.2, 0.25) is 0 Å². The smallest absolute Gasteiger partial charge is 0.0457 e. The lowest BCUT2D eigenvalue weighted by Gasteiger charge is -2.08. The van der Waals surface area contributed by atoms with Gasteiger partial charge in [-0.15, -0.1) is 0 Å². The molecule has 0 aliphatic carbocycles. The van der Waals surface area contributed by atoms with E-state index < -0.39 is 0 Å². The van der Waals surface area contributed by atoms with Crippen LogP contribution in [0.1, 0.15) is 18.9 Å². The Kier molecular flexibility index (Phi) is 5.26. The van der Waals surface area contributed by atoms with E-state index >= 15 is 0 Å². The van der Waals surface area contributed by atoms with Gasteiger partial charge in [0, 0.05) is 16.6 Å². The fraction of sp³-hybridized carbons (Fsp3) is 0.250. The molecular formula is C16H17Cl2N. The van der Waals surface area contributed by atoms with Crippen LogP contribution in [0.5, 0.6) is 0 Å². The van der Waals surface area contributed by atoms with E-state index in [0.29, 0.717) is 0 Å². The summed E-state index contributed by atoms with van der Waals surface area (Å²) in [4.78, 5) is 0. The number of hydrogen-bond donors (Lipinski definition) is 1. The Morgan fingerprint density at radius 2 is 1.79 bits per heavy atom. The van der Waals surface area contributed by atoms with Gasteiger partial charge in [0.1, 0.15) is 0 Å². The number of benzene rings is 2. The first-order valence-electron chi connectivity index (χ1n) is 6.46. The summed E-state index contributed by atoms with van der Waals surface area (Å²) in [5.74, 6) is 0. The van der Waals surface area contributed by atoms with Gasteiger partial charge in [-0.05, 0) is 47.9 Å². The van der Waals surface area contributed by atoms with Crippen molar-refractivity contribution in [2.45, 2.75) is 19.9 Å². The molecule has 0 aliphatic heterocycles. The zero-order chi connectivity index (χ0) is 13.7. The van der Waals surface area contributed by atoms with Crippen molar-refractivity contribution in [1.82, 2.24) is 5.32 Å². The quantitative estimate of drug-likeness (QED) is 0.751. The van der Waals surface area contributed by atoms with Crippen LogP contribution in [0.25, 0.3) is 11.1 Å².